The minimum absolute atomic E-state index is 0.292. The molecule has 0 unspecified atom stereocenters. The lowest BCUT2D eigenvalue weighted by Crippen LogP contribution is -2.07. The normalized spacial score (nSPS) is 9.40. The summed E-state index contributed by atoms with van der Waals surface area (Å²) in [5, 5.41) is -3.48. The number of carbonyl (C=O) groups excluding carboxylic acids is 11. The van der Waals surface area contributed by atoms with E-state index in [9.17, 15) is 52.7 Å². The Labute approximate surface area is 528 Å². The monoisotopic (exact) mass is 1310 g/mol. The van der Waals surface area contributed by atoms with Gasteiger partial charge in [0.25, 0.3) is 5.24 Å². The highest BCUT2D eigenvalue weighted by Gasteiger charge is 2.06. The summed E-state index contributed by atoms with van der Waals surface area (Å²) < 4.78 is 0. The summed E-state index contributed by atoms with van der Waals surface area (Å²) in [6.45, 7) is 30.2. The molecule has 11 nitrogen and oxygen atoms in total. The zero-order chi connectivity index (χ0) is 65.5. The minimum Gasteiger partial charge on any atom is -0.300 e. The maximum atomic E-state index is 10.6. The van der Waals surface area contributed by atoms with Crippen molar-refractivity contribution in [3.05, 3.63) is 149 Å². The van der Waals surface area contributed by atoms with Crippen molar-refractivity contribution in [1.29, 1.82) is 0 Å². The Morgan fingerprint density at radius 3 is 1.02 bits per heavy atom. The molecule has 2 rings (SSSR count). The van der Waals surface area contributed by atoms with Crippen LogP contribution in [0.4, 0.5) is 0 Å². The highest BCUT2D eigenvalue weighted by molar-refractivity contribution is 6.69. The van der Waals surface area contributed by atoms with Crippen LogP contribution in [-0.4, -0.2) is 58.7 Å². The van der Waals surface area contributed by atoms with E-state index in [0.717, 1.165) is 42.4 Å². The molecule has 0 aliphatic rings. The third-order valence-electron chi connectivity index (χ3n) is 8.03. The molecule has 81 heavy (non-hydrogen) atoms. The first-order valence-electron chi connectivity index (χ1n) is 24.8. The van der Waals surface area contributed by atoms with Gasteiger partial charge in [-0.1, -0.05) is 136 Å². The number of ketones is 2. The maximum absolute atomic E-state index is 10.6. The Bertz CT molecular complexity index is 2210. The SMILES string of the molecule is C/C=C(/C)C(=O)Cl.C/C=C(\C)C(=O)Cl.C/C=C/C(=O)Cl.C=CCCC(=O)Cl.CC(=O)Cl.CC(C)=CC(=O)Cl.CC(C)=CC(=O)Cl.CCC(CC)C(C)=O.CCCCCC(C)=O.O=C(Cl)/C=C/c1ccccc1.O=C(Cl)c1ccccc1. The van der Waals surface area contributed by atoms with Crippen molar-refractivity contribution in [2.45, 2.75) is 155 Å². The van der Waals surface area contributed by atoms with Crippen molar-refractivity contribution < 1.29 is 52.7 Å². The molecular formula is C61H83Cl9O11. The molecule has 0 spiro atoms. The highest BCUT2D eigenvalue weighted by atomic mass is 35.5. The molecule has 0 aromatic heterocycles. The lowest BCUT2D eigenvalue weighted by molar-refractivity contribution is -0.121. The average Bonchev–Trinajstić information content (AvgIpc) is 3.36. The molecule has 0 aliphatic carbocycles. The number of benzene rings is 2. The van der Waals surface area contributed by atoms with Crippen molar-refractivity contribution in [2.75, 3.05) is 0 Å². The number of hydrogen-bond acceptors (Lipinski definition) is 11. The molecule has 0 atom stereocenters. The second-order valence-electron chi connectivity index (χ2n) is 16.0. The van der Waals surface area contributed by atoms with E-state index in [-0.39, 0.29) is 21.0 Å². The van der Waals surface area contributed by atoms with E-state index in [0.29, 0.717) is 47.0 Å². The van der Waals surface area contributed by atoms with Gasteiger partial charge in [0.2, 0.25) is 41.9 Å². The van der Waals surface area contributed by atoms with Gasteiger partial charge in [0.15, 0.2) is 0 Å². The van der Waals surface area contributed by atoms with E-state index < -0.39 is 26.2 Å². The van der Waals surface area contributed by atoms with Crippen molar-refractivity contribution in [1.82, 2.24) is 0 Å². The fraction of sp³-hybridized carbons (Fsp3) is 0.393. The molecule has 0 N–H and O–H groups in total. The predicted octanol–water partition coefficient (Wildman–Crippen LogP) is 19.4. The molecule has 2 aromatic rings. The van der Waals surface area contributed by atoms with Gasteiger partial charge in [-0.25, -0.2) is 0 Å². The van der Waals surface area contributed by atoms with Crippen LogP contribution < -0.4 is 0 Å². The van der Waals surface area contributed by atoms with Crippen LogP contribution in [0, 0.1) is 5.92 Å². The molecule has 0 saturated carbocycles. The molecule has 0 amide bonds. The van der Waals surface area contributed by atoms with E-state index in [2.05, 4.69) is 39.0 Å². The Kier molecular flexibility index (Phi) is 84.8. The van der Waals surface area contributed by atoms with E-state index in [1.807, 2.05) is 64.1 Å². The van der Waals surface area contributed by atoms with Gasteiger partial charge in [-0.2, -0.15) is 0 Å². The third-order valence-corrected chi connectivity index (χ3v) is 9.51. The van der Waals surface area contributed by atoms with E-state index in [1.165, 1.54) is 44.1 Å². The number of halogens is 9. The number of carbonyl (C=O) groups is 11. The van der Waals surface area contributed by atoms with Crippen LogP contribution in [0.15, 0.2) is 138 Å². The van der Waals surface area contributed by atoms with Crippen molar-refractivity contribution >= 4 is 169 Å². The smallest absolute Gasteiger partial charge is 0.252 e. The number of rotatable bonds is 18. The first-order chi connectivity index (χ1) is 37.5. The van der Waals surface area contributed by atoms with Gasteiger partial charge in [-0.15, -0.1) is 6.58 Å². The van der Waals surface area contributed by atoms with Crippen LogP contribution in [0.25, 0.3) is 6.08 Å². The quantitative estimate of drug-likeness (QED) is 0.0598. The largest absolute Gasteiger partial charge is 0.300 e. The first-order valence-corrected chi connectivity index (χ1v) is 28.2. The van der Waals surface area contributed by atoms with E-state index in [4.69, 9.17) is 92.8 Å². The number of hydrogen-bond donors (Lipinski definition) is 0. The summed E-state index contributed by atoms with van der Waals surface area (Å²) in [5.74, 6) is 0.962. The first kappa shape index (κ1) is 95.8. The summed E-state index contributed by atoms with van der Waals surface area (Å²) in [6.07, 6.45) is 21.0. The van der Waals surface area contributed by atoms with Crippen LogP contribution in [0.1, 0.15) is 171 Å². The zero-order valence-electron chi connectivity index (χ0n) is 49.3. The highest BCUT2D eigenvalue weighted by Crippen LogP contribution is 2.07. The molecular weight excluding hydrogens is 1230 g/mol. The summed E-state index contributed by atoms with van der Waals surface area (Å²) in [6, 6.07) is 18.3. The number of unbranched alkanes of at least 4 members (excludes halogenated alkanes) is 2. The summed E-state index contributed by atoms with van der Waals surface area (Å²) in [7, 11) is 0. The van der Waals surface area contributed by atoms with Gasteiger partial charge in [-0.05, 0) is 236 Å². The topological polar surface area (TPSA) is 188 Å². The number of Topliss-reactive ketones (excluding diaryl/α,β-unsaturated/α-hetero) is 2. The Morgan fingerprint density at radius 2 is 0.877 bits per heavy atom. The van der Waals surface area contributed by atoms with Crippen molar-refractivity contribution in [3.8, 4) is 0 Å². The lowest BCUT2D eigenvalue weighted by atomic mass is 10.00. The second kappa shape index (κ2) is 71.7. The lowest BCUT2D eigenvalue weighted by Gasteiger charge is -2.04. The van der Waals surface area contributed by atoms with Gasteiger partial charge >= 0.3 is 0 Å². The predicted molar refractivity (Wildman–Crippen MR) is 346 cm³/mol. The van der Waals surface area contributed by atoms with Gasteiger partial charge in [0.05, 0.1) is 0 Å². The van der Waals surface area contributed by atoms with Gasteiger partial charge in [-0.3, -0.25) is 47.9 Å². The Morgan fingerprint density at radius 1 is 0.506 bits per heavy atom. The van der Waals surface area contributed by atoms with Gasteiger partial charge in [0.1, 0.15) is 11.6 Å². The Balaban J connectivity index is -0.000000101. The van der Waals surface area contributed by atoms with Crippen LogP contribution in [0.2, 0.25) is 0 Å². The summed E-state index contributed by atoms with van der Waals surface area (Å²) in [4.78, 5) is 111. The van der Waals surface area contributed by atoms with Gasteiger partial charge in [0, 0.05) is 42.4 Å². The number of allylic oxidation sites excluding steroid dienone is 12. The minimum atomic E-state index is -0.450. The zero-order valence-corrected chi connectivity index (χ0v) is 56.1. The molecule has 0 radical (unpaired) electrons. The fourth-order valence-corrected chi connectivity index (χ4v) is 4.89. The van der Waals surface area contributed by atoms with Gasteiger partial charge < -0.3 is 4.79 Å². The van der Waals surface area contributed by atoms with Crippen LogP contribution in [-0.2, 0) is 47.9 Å². The summed E-state index contributed by atoms with van der Waals surface area (Å²) >= 11 is 44.7. The van der Waals surface area contributed by atoms with Crippen LogP contribution in [0.3, 0.4) is 0 Å². The average molecular weight is 1310 g/mol. The van der Waals surface area contributed by atoms with E-state index >= 15 is 0 Å². The molecule has 2 aromatic carbocycles. The second-order valence-corrected chi connectivity index (χ2v) is 19.4. The van der Waals surface area contributed by atoms with Crippen LogP contribution in [0.5, 0.6) is 0 Å². The molecule has 0 saturated heterocycles. The molecule has 0 aliphatic heterocycles. The molecule has 0 bridgehead atoms. The molecule has 0 heterocycles. The summed E-state index contributed by atoms with van der Waals surface area (Å²) in [5.41, 5.74) is 4.57. The van der Waals surface area contributed by atoms with E-state index in [1.54, 1.807) is 103 Å². The maximum Gasteiger partial charge on any atom is 0.252 e. The molecule has 20 heteroatoms. The molecule has 0 fully saturated rings. The standard InChI is InChI=1S/C9H7ClO.C7H5ClO.2C7H14O.5C5H7ClO.C4H5ClO.C2H3ClO/c10-9(11)7-6-8-4-2-1-3-5-8;8-7(9)6-4-2-1-3-5-6;1-4-7(5-2)6(3)8;1-3-4-5-6-7(2)8;2*1-4(2)3-5(6)7;2*1-3-4(2)5(6)7;1-2-3-4-5(6)7;1-2-3-4(5)6;1-2(3)4/h1-7H;1-5H;7H,4-5H2,1-3H3;3-6H2,1-2H3;4*3H,1-2H3;2H,1,3-4H2;2-3H,1H3;1H3/b7-6+;;;;;;4-3+;4-3-;;3-2+;. The van der Waals surface area contributed by atoms with Crippen LogP contribution >= 0.6 is 104 Å². The van der Waals surface area contributed by atoms with Crippen molar-refractivity contribution in [2.24, 2.45) is 5.92 Å². The molecule has 456 valence electrons. The Hall–Kier alpha value is -4.40. The third kappa shape index (κ3) is 112. The van der Waals surface area contributed by atoms with Crippen molar-refractivity contribution in [3.63, 3.8) is 0 Å². The fourth-order valence-electron chi connectivity index (χ4n) is 3.81.